The number of nitrogens with zero attached hydrogens (tertiary/aromatic N) is 3. The molecule has 0 atom stereocenters. The molecule has 21 heavy (non-hydrogen) atoms. The van der Waals surface area contributed by atoms with Gasteiger partial charge in [-0.15, -0.1) is 11.8 Å². The van der Waals surface area contributed by atoms with Crippen molar-refractivity contribution in [3.05, 3.63) is 46.5 Å². The van der Waals surface area contributed by atoms with Gasteiger partial charge in [0.25, 0.3) is 0 Å². The lowest BCUT2D eigenvalue weighted by Gasteiger charge is -2.14. The van der Waals surface area contributed by atoms with Crippen LogP contribution in [0.3, 0.4) is 0 Å². The van der Waals surface area contributed by atoms with Gasteiger partial charge in [-0.3, -0.25) is 9.89 Å². The summed E-state index contributed by atoms with van der Waals surface area (Å²) < 4.78 is 0. The molecule has 0 aliphatic carbocycles. The lowest BCUT2D eigenvalue weighted by molar-refractivity contribution is -0.127. The van der Waals surface area contributed by atoms with E-state index >= 15 is 0 Å². The number of benzene rings is 1. The van der Waals surface area contributed by atoms with Crippen molar-refractivity contribution in [2.75, 3.05) is 12.8 Å². The Labute approximate surface area is 133 Å². The molecule has 0 fully saturated rings. The lowest BCUT2D eigenvalue weighted by atomic mass is 10.2. The molecule has 0 aliphatic heterocycles. The highest BCUT2D eigenvalue weighted by Crippen LogP contribution is 2.16. The molecule has 2 rings (SSSR count). The van der Waals surface area contributed by atoms with Crippen LogP contribution < -0.4 is 0 Å². The van der Waals surface area contributed by atoms with Crippen molar-refractivity contribution < 1.29 is 4.79 Å². The molecule has 1 aromatic carbocycles. The Kier molecular flexibility index (Phi) is 5.64. The van der Waals surface area contributed by atoms with E-state index in [1.807, 2.05) is 31.2 Å². The van der Waals surface area contributed by atoms with Crippen molar-refractivity contribution in [3.63, 3.8) is 0 Å². The molecule has 1 amide bonds. The van der Waals surface area contributed by atoms with Crippen LogP contribution in [-0.4, -0.2) is 38.8 Å². The topological polar surface area (TPSA) is 61.9 Å². The fourth-order valence-corrected chi connectivity index (χ4v) is 2.76. The monoisotopic (exact) mass is 324 g/mol. The maximum atomic E-state index is 12.0. The minimum absolute atomic E-state index is 0.0661. The SMILES string of the molecule is Cc1nc(CN(C)C(=O)CSCc2ccc(Cl)cc2)n[nH]1. The summed E-state index contributed by atoms with van der Waals surface area (Å²) in [6, 6.07) is 7.66. The summed E-state index contributed by atoms with van der Waals surface area (Å²) in [6.07, 6.45) is 0. The number of hydrogen-bond donors (Lipinski definition) is 1. The summed E-state index contributed by atoms with van der Waals surface area (Å²) in [5.41, 5.74) is 1.16. The predicted molar refractivity (Wildman–Crippen MR) is 85.2 cm³/mol. The van der Waals surface area contributed by atoms with Crippen molar-refractivity contribution >= 4 is 29.3 Å². The number of carbonyl (C=O) groups is 1. The third kappa shape index (κ3) is 5.06. The Morgan fingerprint density at radius 3 is 2.71 bits per heavy atom. The summed E-state index contributed by atoms with van der Waals surface area (Å²) in [7, 11) is 1.76. The number of nitrogens with one attached hydrogen (secondary N) is 1. The van der Waals surface area contributed by atoms with E-state index < -0.39 is 0 Å². The zero-order valence-electron chi connectivity index (χ0n) is 12.0. The van der Waals surface area contributed by atoms with Crippen LogP contribution in [0.15, 0.2) is 24.3 Å². The molecule has 5 nitrogen and oxygen atoms in total. The Balaban J connectivity index is 1.74. The van der Waals surface area contributed by atoms with Crippen molar-refractivity contribution in [2.45, 2.75) is 19.2 Å². The molecule has 0 unspecified atom stereocenters. The second-order valence-corrected chi connectivity index (χ2v) is 6.13. The van der Waals surface area contributed by atoms with Crippen molar-refractivity contribution in [2.24, 2.45) is 0 Å². The Hall–Kier alpha value is -1.53. The first kappa shape index (κ1) is 15.9. The van der Waals surface area contributed by atoms with Gasteiger partial charge in [0.2, 0.25) is 5.91 Å². The Bertz CT molecular complexity index is 599. The third-order valence-electron chi connectivity index (χ3n) is 2.86. The van der Waals surface area contributed by atoms with Crippen molar-refractivity contribution in [1.82, 2.24) is 20.1 Å². The van der Waals surface area contributed by atoms with Crippen LogP contribution in [0.2, 0.25) is 5.02 Å². The summed E-state index contributed by atoms with van der Waals surface area (Å²) >= 11 is 7.42. The zero-order valence-corrected chi connectivity index (χ0v) is 13.5. The minimum Gasteiger partial charge on any atom is -0.337 e. The van der Waals surface area contributed by atoms with Gasteiger partial charge < -0.3 is 4.90 Å². The van der Waals surface area contributed by atoms with Crippen LogP contribution in [0, 0.1) is 6.92 Å². The van der Waals surface area contributed by atoms with Crippen LogP contribution in [-0.2, 0) is 17.1 Å². The first-order valence-electron chi connectivity index (χ1n) is 6.48. The van der Waals surface area contributed by atoms with Crippen LogP contribution in [0.25, 0.3) is 0 Å². The van der Waals surface area contributed by atoms with Crippen LogP contribution in [0.4, 0.5) is 0 Å². The summed E-state index contributed by atoms with van der Waals surface area (Å²) in [5, 5.41) is 7.52. The second kappa shape index (κ2) is 7.47. The largest absolute Gasteiger partial charge is 0.337 e. The Morgan fingerprint density at radius 2 is 2.10 bits per heavy atom. The van der Waals surface area contributed by atoms with E-state index in [2.05, 4.69) is 15.2 Å². The van der Waals surface area contributed by atoms with E-state index in [0.29, 0.717) is 18.1 Å². The molecule has 0 bridgehead atoms. The normalized spacial score (nSPS) is 10.6. The van der Waals surface area contributed by atoms with Gasteiger partial charge in [-0.2, -0.15) is 5.10 Å². The van der Waals surface area contributed by atoms with E-state index in [-0.39, 0.29) is 5.91 Å². The zero-order chi connectivity index (χ0) is 15.2. The molecule has 1 heterocycles. The van der Waals surface area contributed by atoms with Gasteiger partial charge in [-0.1, -0.05) is 23.7 Å². The maximum absolute atomic E-state index is 12.0. The molecule has 0 saturated heterocycles. The van der Waals surface area contributed by atoms with E-state index in [4.69, 9.17) is 11.6 Å². The molecular weight excluding hydrogens is 308 g/mol. The Morgan fingerprint density at radius 1 is 1.38 bits per heavy atom. The van der Waals surface area contributed by atoms with Gasteiger partial charge >= 0.3 is 0 Å². The number of amides is 1. The fourth-order valence-electron chi connectivity index (χ4n) is 1.71. The fraction of sp³-hybridized carbons (Fsp3) is 0.357. The van der Waals surface area contributed by atoms with Crippen molar-refractivity contribution in [3.8, 4) is 0 Å². The number of aromatic amines is 1. The molecule has 1 N–H and O–H groups in total. The van der Waals surface area contributed by atoms with Gasteiger partial charge in [0.15, 0.2) is 5.82 Å². The lowest BCUT2D eigenvalue weighted by Crippen LogP contribution is -2.28. The van der Waals surface area contributed by atoms with Gasteiger partial charge in [0.05, 0.1) is 12.3 Å². The van der Waals surface area contributed by atoms with Gasteiger partial charge in [0, 0.05) is 17.8 Å². The number of halogens is 1. The molecule has 7 heteroatoms. The van der Waals surface area contributed by atoms with E-state index in [1.54, 1.807) is 23.7 Å². The summed E-state index contributed by atoms with van der Waals surface area (Å²) in [5.74, 6) is 2.67. The maximum Gasteiger partial charge on any atom is 0.232 e. The van der Waals surface area contributed by atoms with Gasteiger partial charge in [-0.25, -0.2) is 4.98 Å². The predicted octanol–water partition coefficient (Wildman–Crippen LogP) is 2.66. The van der Waals surface area contributed by atoms with E-state index in [1.165, 1.54) is 0 Å². The van der Waals surface area contributed by atoms with Crippen LogP contribution in [0.1, 0.15) is 17.2 Å². The van der Waals surface area contributed by atoms with Crippen LogP contribution >= 0.6 is 23.4 Å². The molecule has 0 spiro atoms. The highest BCUT2D eigenvalue weighted by atomic mass is 35.5. The van der Waals surface area contributed by atoms with Crippen molar-refractivity contribution in [1.29, 1.82) is 0 Å². The van der Waals surface area contributed by atoms with Gasteiger partial charge in [-0.05, 0) is 24.6 Å². The average molecular weight is 325 g/mol. The average Bonchev–Trinajstić information content (AvgIpc) is 2.86. The number of H-pyrrole nitrogens is 1. The second-order valence-electron chi connectivity index (χ2n) is 4.71. The molecule has 2 aromatic rings. The van der Waals surface area contributed by atoms with E-state index in [0.717, 1.165) is 22.2 Å². The third-order valence-corrected chi connectivity index (χ3v) is 4.10. The number of aromatic nitrogens is 3. The van der Waals surface area contributed by atoms with Crippen LogP contribution in [0.5, 0.6) is 0 Å². The first-order valence-corrected chi connectivity index (χ1v) is 8.02. The molecule has 0 radical (unpaired) electrons. The number of thioether (sulfide) groups is 1. The molecule has 0 saturated carbocycles. The standard InChI is InChI=1S/C14H17ClN4OS/c1-10-16-13(18-17-10)7-19(2)14(20)9-21-8-11-3-5-12(15)6-4-11/h3-6H,7-9H2,1-2H3,(H,16,17,18). The number of aryl methyl sites for hydroxylation is 1. The summed E-state index contributed by atoms with van der Waals surface area (Å²) in [4.78, 5) is 17.8. The number of hydrogen-bond acceptors (Lipinski definition) is 4. The summed E-state index contributed by atoms with van der Waals surface area (Å²) in [6.45, 7) is 2.25. The molecule has 0 aliphatic rings. The van der Waals surface area contributed by atoms with Gasteiger partial charge in [0.1, 0.15) is 5.82 Å². The molecule has 1 aromatic heterocycles. The van der Waals surface area contributed by atoms with E-state index in [9.17, 15) is 4.79 Å². The smallest absolute Gasteiger partial charge is 0.232 e. The minimum atomic E-state index is 0.0661. The molecule has 112 valence electrons. The highest BCUT2D eigenvalue weighted by molar-refractivity contribution is 7.99. The quantitative estimate of drug-likeness (QED) is 0.887. The number of carbonyl (C=O) groups excluding carboxylic acids is 1. The molecular formula is C14H17ClN4OS. The number of rotatable bonds is 6. The first-order chi connectivity index (χ1) is 10.0. The highest BCUT2D eigenvalue weighted by Gasteiger charge is 2.11.